The Hall–Kier alpha value is -3.88. The second kappa shape index (κ2) is 9.77. The van der Waals surface area contributed by atoms with E-state index in [2.05, 4.69) is 51.6 Å². The Kier molecular flexibility index (Phi) is 6.39. The molecule has 1 aliphatic rings. The number of carbonyl (C=O) groups excluding carboxylic acids is 1. The van der Waals surface area contributed by atoms with Gasteiger partial charge >= 0.3 is 0 Å². The number of anilines is 1. The van der Waals surface area contributed by atoms with Gasteiger partial charge in [-0.15, -0.1) is 0 Å². The summed E-state index contributed by atoms with van der Waals surface area (Å²) in [5.74, 6) is -0.343. The highest BCUT2D eigenvalue weighted by Gasteiger charge is 2.39. The molecule has 5 rings (SSSR count). The lowest BCUT2D eigenvalue weighted by molar-refractivity contribution is 0.0256. The highest BCUT2D eigenvalue weighted by atomic mass is 16.3. The lowest BCUT2D eigenvalue weighted by atomic mass is 10.0. The summed E-state index contributed by atoms with van der Waals surface area (Å²) >= 11 is 0. The van der Waals surface area contributed by atoms with Crippen LogP contribution in [0.3, 0.4) is 0 Å². The van der Waals surface area contributed by atoms with E-state index in [1.807, 2.05) is 30.3 Å². The number of hydrogen-bond donors (Lipinski definition) is 3. The number of aliphatic hydroxyl groups is 2. The molecule has 35 heavy (non-hydrogen) atoms. The molecular weight excluding hydrogens is 442 g/mol. The quantitative estimate of drug-likeness (QED) is 0.357. The van der Waals surface area contributed by atoms with Gasteiger partial charge in [-0.25, -0.2) is 9.97 Å². The van der Waals surface area contributed by atoms with Crippen molar-refractivity contribution in [3.8, 4) is 11.1 Å². The summed E-state index contributed by atoms with van der Waals surface area (Å²) < 4.78 is 1.72. The number of ketones is 1. The molecular formula is C27H26N5O3. The van der Waals surface area contributed by atoms with Crippen LogP contribution in [0.5, 0.6) is 0 Å². The van der Waals surface area contributed by atoms with E-state index < -0.39 is 18.2 Å². The third-order valence-electron chi connectivity index (χ3n) is 6.33. The Bertz CT molecular complexity index is 1320. The monoisotopic (exact) mass is 468 g/mol. The second-order valence-corrected chi connectivity index (χ2v) is 8.81. The Labute approximate surface area is 203 Å². The topological polar surface area (TPSA) is 113 Å². The van der Waals surface area contributed by atoms with Crippen LogP contribution in [0.1, 0.15) is 28.0 Å². The van der Waals surface area contributed by atoms with E-state index in [1.54, 1.807) is 16.9 Å². The first-order valence-corrected chi connectivity index (χ1v) is 11.5. The molecule has 0 amide bonds. The average molecular weight is 469 g/mol. The maximum Gasteiger partial charge on any atom is 0.218 e. The standard InChI is InChI=1S/C27H26N5O3/c1-17-12-23(26(35)24(17)33)30-27-21(14-28-16-29-27)25(34)22-10-11-32(31-22)15-18-6-5-9-20(13-18)19-7-3-2-4-8-19/h2-11,13-14,16-17,23-24,26,33,35H,1,12,15H2,(H,28,29,30)/t17-,23-,24-,26+/m1/s1. The van der Waals surface area contributed by atoms with Crippen molar-refractivity contribution in [3.05, 3.63) is 103 Å². The van der Waals surface area contributed by atoms with Gasteiger partial charge in [-0.2, -0.15) is 5.10 Å². The molecule has 3 N–H and O–H groups in total. The number of aromatic nitrogens is 4. The zero-order valence-corrected chi connectivity index (χ0v) is 19.0. The van der Waals surface area contributed by atoms with Gasteiger partial charge in [0.1, 0.15) is 23.9 Å². The van der Waals surface area contributed by atoms with Crippen LogP contribution in [0.2, 0.25) is 0 Å². The minimum atomic E-state index is -0.999. The summed E-state index contributed by atoms with van der Waals surface area (Å²) in [6.45, 7) is 4.38. The average Bonchev–Trinajstić information content (AvgIpc) is 3.45. The lowest BCUT2D eigenvalue weighted by Gasteiger charge is -2.19. The maximum absolute atomic E-state index is 13.2. The molecule has 8 nitrogen and oxygen atoms in total. The fraction of sp³-hybridized carbons (Fsp3) is 0.222. The first-order chi connectivity index (χ1) is 17.0. The van der Waals surface area contributed by atoms with Crippen molar-refractivity contribution in [2.24, 2.45) is 5.92 Å². The van der Waals surface area contributed by atoms with E-state index >= 15 is 0 Å². The van der Waals surface area contributed by atoms with E-state index in [9.17, 15) is 15.0 Å². The van der Waals surface area contributed by atoms with Crippen LogP contribution in [-0.2, 0) is 6.54 Å². The van der Waals surface area contributed by atoms with Gasteiger partial charge < -0.3 is 15.5 Å². The molecule has 1 aliphatic carbocycles. The number of carbonyl (C=O) groups is 1. The van der Waals surface area contributed by atoms with Crippen molar-refractivity contribution in [3.63, 3.8) is 0 Å². The molecule has 2 aromatic heterocycles. The first-order valence-electron chi connectivity index (χ1n) is 11.5. The van der Waals surface area contributed by atoms with E-state index in [0.29, 0.717) is 18.8 Å². The van der Waals surface area contributed by atoms with Crippen LogP contribution in [0.25, 0.3) is 11.1 Å². The summed E-state index contributed by atoms with van der Waals surface area (Å²) in [6, 6.07) is 19.6. The van der Waals surface area contributed by atoms with Crippen LogP contribution in [0.15, 0.2) is 79.4 Å². The van der Waals surface area contributed by atoms with Gasteiger partial charge in [0.05, 0.1) is 24.3 Å². The van der Waals surface area contributed by atoms with Gasteiger partial charge in [-0.1, -0.05) is 48.5 Å². The largest absolute Gasteiger partial charge is 0.390 e. The number of aliphatic hydroxyl groups excluding tert-OH is 2. The zero-order valence-electron chi connectivity index (χ0n) is 19.0. The molecule has 177 valence electrons. The van der Waals surface area contributed by atoms with Crippen LogP contribution in [0.4, 0.5) is 5.82 Å². The fourth-order valence-corrected chi connectivity index (χ4v) is 4.43. The molecule has 1 radical (unpaired) electrons. The molecule has 1 saturated carbocycles. The van der Waals surface area contributed by atoms with Crippen molar-refractivity contribution >= 4 is 11.6 Å². The number of hydrogen-bond acceptors (Lipinski definition) is 7. The molecule has 8 heteroatoms. The van der Waals surface area contributed by atoms with Crippen LogP contribution in [-0.4, -0.2) is 54.0 Å². The second-order valence-electron chi connectivity index (χ2n) is 8.81. The molecule has 0 aliphatic heterocycles. The van der Waals surface area contributed by atoms with E-state index in [-0.39, 0.29) is 23.0 Å². The summed E-state index contributed by atoms with van der Waals surface area (Å²) in [5.41, 5.74) is 3.84. The van der Waals surface area contributed by atoms with Gasteiger partial charge in [-0.05, 0) is 48.1 Å². The van der Waals surface area contributed by atoms with Crippen LogP contribution in [0, 0.1) is 12.8 Å². The minimum absolute atomic E-state index is 0.248. The van der Waals surface area contributed by atoms with Gasteiger partial charge in [0.25, 0.3) is 0 Å². The normalized spacial score (nSPS) is 21.7. The predicted molar refractivity (Wildman–Crippen MR) is 132 cm³/mol. The maximum atomic E-state index is 13.2. The molecule has 4 aromatic rings. The Morgan fingerprint density at radius 3 is 2.63 bits per heavy atom. The SMILES string of the molecule is [CH2][C@@H]1C[C@@H](Nc2ncncc2C(=O)c2ccn(Cc3cccc(-c4ccccc4)c3)n2)[C@H](O)[C@@H]1O. The molecule has 2 heterocycles. The smallest absolute Gasteiger partial charge is 0.218 e. The van der Waals surface area contributed by atoms with Gasteiger partial charge in [0, 0.05) is 12.4 Å². The van der Waals surface area contributed by atoms with Crippen molar-refractivity contribution in [1.29, 1.82) is 0 Å². The number of nitrogens with zero attached hydrogens (tertiary/aromatic N) is 4. The van der Waals surface area contributed by atoms with Crippen LogP contribution >= 0.6 is 0 Å². The number of rotatable bonds is 7. The summed E-state index contributed by atoms with van der Waals surface area (Å²) in [5, 5.41) is 27.9. The minimum Gasteiger partial charge on any atom is -0.390 e. The van der Waals surface area contributed by atoms with E-state index in [4.69, 9.17) is 0 Å². The Morgan fingerprint density at radius 1 is 1.06 bits per heavy atom. The first kappa shape index (κ1) is 22.9. The molecule has 0 bridgehead atoms. The molecule has 0 unspecified atom stereocenters. The van der Waals surface area contributed by atoms with Crippen molar-refractivity contribution in [2.45, 2.75) is 31.2 Å². The molecule has 0 spiro atoms. The van der Waals surface area contributed by atoms with Gasteiger partial charge in [-0.3, -0.25) is 9.48 Å². The van der Waals surface area contributed by atoms with Crippen LogP contribution < -0.4 is 5.32 Å². The summed E-state index contributed by atoms with van der Waals surface area (Å²) in [7, 11) is 0. The van der Waals surface area contributed by atoms with Gasteiger partial charge in [0.15, 0.2) is 0 Å². The summed E-state index contributed by atoms with van der Waals surface area (Å²) in [4.78, 5) is 21.4. The van der Waals surface area contributed by atoms with E-state index in [1.165, 1.54) is 12.5 Å². The lowest BCUT2D eigenvalue weighted by Crippen LogP contribution is -2.35. The molecule has 2 aromatic carbocycles. The number of benzene rings is 2. The Balaban J connectivity index is 1.32. The number of nitrogens with one attached hydrogen (secondary N) is 1. The van der Waals surface area contributed by atoms with Crippen molar-refractivity contribution < 1.29 is 15.0 Å². The van der Waals surface area contributed by atoms with Crippen molar-refractivity contribution in [1.82, 2.24) is 19.7 Å². The highest BCUT2D eigenvalue weighted by molar-refractivity contribution is 6.10. The summed E-state index contributed by atoms with van der Waals surface area (Å²) in [6.07, 6.45) is 3.06. The van der Waals surface area contributed by atoms with E-state index in [0.717, 1.165) is 16.7 Å². The van der Waals surface area contributed by atoms with Crippen molar-refractivity contribution in [2.75, 3.05) is 5.32 Å². The molecule has 0 saturated heterocycles. The third-order valence-corrected chi connectivity index (χ3v) is 6.33. The van der Waals surface area contributed by atoms with Gasteiger partial charge in [0.2, 0.25) is 5.78 Å². The Morgan fingerprint density at radius 2 is 1.86 bits per heavy atom. The fourth-order valence-electron chi connectivity index (χ4n) is 4.43. The highest BCUT2D eigenvalue weighted by Crippen LogP contribution is 2.29. The zero-order chi connectivity index (χ0) is 24.4. The third kappa shape index (κ3) is 4.84. The molecule has 4 atom stereocenters. The predicted octanol–water partition coefficient (Wildman–Crippen LogP) is 2.98. The molecule has 1 fully saturated rings.